The maximum atomic E-state index is 13.0. The van der Waals surface area contributed by atoms with Crippen LogP contribution >= 0.6 is 0 Å². The summed E-state index contributed by atoms with van der Waals surface area (Å²) in [4.78, 5) is 40.3. The van der Waals surface area contributed by atoms with E-state index in [1.165, 1.54) is 17.0 Å². The first kappa shape index (κ1) is 24.0. The molecule has 11 heteroatoms. The minimum Gasteiger partial charge on any atom is -0.493 e. The van der Waals surface area contributed by atoms with Crippen molar-refractivity contribution in [2.45, 2.75) is 38.2 Å². The van der Waals surface area contributed by atoms with Gasteiger partial charge in [0.1, 0.15) is 17.5 Å². The average Bonchev–Trinajstić information content (AvgIpc) is 3.43. The third-order valence-corrected chi connectivity index (χ3v) is 6.73. The van der Waals surface area contributed by atoms with Gasteiger partial charge >= 0.3 is 6.36 Å². The van der Waals surface area contributed by atoms with Crippen molar-refractivity contribution in [2.24, 2.45) is 5.92 Å². The average molecular weight is 503 g/mol. The van der Waals surface area contributed by atoms with E-state index < -0.39 is 18.3 Å². The minimum atomic E-state index is -4.72. The van der Waals surface area contributed by atoms with Gasteiger partial charge in [-0.25, -0.2) is 0 Å². The number of alkyl halides is 3. The predicted molar refractivity (Wildman–Crippen MR) is 121 cm³/mol. The van der Waals surface area contributed by atoms with Crippen LogP contribution in [0.4, 0.5) is 18.9 Å². The first-order chi connectivity index (χ1) is 17.2. The van der Waals surface area contributed by atoms with Gasteiger partial charge in [0.15, 0.2) is 0 Å². The van der Waals surface area contributed by atoms with E-state index >= 15 is 0 Å². The third-order valence-electron chi connectivity index (χ3n) is 6.73. The van der Waals surface area contributed by atoms with Gasteiger partial charge in [-0.2, -0.15) is 0 Å². The molecule has 3 heterocycles. The predicted octanol–water partition coefficient (Wildman–Crippen LogP) is 3.25. The number of amides is 3. The number of benzene rings is 2. The Morgan fingerprint density at radius 2 is 1.81 bits per heavy atom. The number of halogens is 3. The van der Waals surface area contributed by atoms with E-state index in [0.717, 1.165) is 24.2 Å². The Morgan fingerprint density at radius 3 is 2.53 bits per heavy atom. The van der Waals surface area contributed by atoms with Gasteiger partial charge in [-0.15, -0.1) is 13.2 Å². The van der Waals surface area contributed by atoms with Crippen LogP contribution in [0.3, 0.4) is 0 Å². The summed E-state index contributed by atoms with van der Waals surface area (Å²) in [6, 6.07) is 10.4. The van der Waals surface area contributed by atoms with Crippen molar-refractivity contribution < 1.29 is 37.0 Å². The SMILES string of the molecule is O=C1CCC(N2Cc3c(OC[C@H]4CCN(c5ccc(OC(F)(F)F)cc5)C4)cccc3C2=O)C(=O)N1. The molecule has 2 saturated heterocycles. The number of rotatable bonds is 6. The first-order valence-corrected chi connectivity index (χ1v) is 11.7. The highest BCUT2D eigenvalue weighted by molar-refractivity contribution is 6.05. The summed E-state index contributed by atoms with van der Waals surface area (Å²) in [5.41, 5.74) is 2.02. The van der Waals surface area contributed by atoms with Crippen LogP contribution in [0.25, 0.3) is 0 Å². The van der Waals surface area contributed by atoms with Crippen molar-refractivity contribution >= 4 is 23.4 Å². The second-order valence-electron chi connectivity index (χ2n) is 9.14. The summed E-state index contributed by atoms with van der Waals surface area (Å²) in [5, 5.41) is 2.30. The molecule has 8 nitrogen and oxygen atoms in total. The van der Waals surface area contributed by atoms with E-state index in [9.17, 15) is 27.6 Å². The molecule has 2 atom stereocenters. The lowest BCUT2D eigenvalue weighted by Crippen LogP contribution is -2.52. The van der Waals surface area contributed by atoms with E-state index in [-0.39, 0.29) is 36.4 Å². The van der Waals surface area contributed by atoms with Gasteiger partial charge in [0.2, 0.25) is 11.8 Å². The van der Waals surface area contributed by atoms with Crippen LogP contribution in [0, 0.1) is 5.92 Å². The van der Waals surface area contributed by atoms with Gasteiger partial charge in [0, 0.05) is 42.2 Å². The molecule has 2 fully saturated rings. The highest BCUT2D eigenvalue weighted by atomic mass is 19.4. The Labute approximate surface area is 204 Å². The van der Waals surface area contributed by atoms with Gasteiger partial charge in [0.25, 0.3) is 5.91 Å². The standard InChI is InChI=1S/C25H24F3N3O5/c26-25(27,28)36-17-6-4-16(5-7-17)30-11-10-15(12-30)14-35-21-3-1-2-18-19(21)13-31(24(18)34)20-8-9-22(32)29-23(20)33/h1-7,15,20H,8-14H2,(H,29,32,33)/t15-,20?/m0/s1. The van der Waals surface area contributed by atoms with E-state index in [1.54, 1.807) is 30.3 Å². The number of nitrogens with one attached hydrogen (secondary N) is 1. The smallest absolute Gasteiger partial charge is 0.493 e. The summed E-state index contributed by atoms with van der Waals surface area (Å²) < 4.78 is 47.2. The monoisotopic (exact) mass is 503 g/mol. The van der Waals surface area contributed by atoms with E-state index in [1.807, 2.05) is 0 Å². The number of anilines is 1. The summed E-state index contributed by atoms with van der Waals surface area (Å²) in [5.74, 6) is -0.531. The lowest BCUT2D eigenvalue weighted by molar-refractivity contribution is -0.274. The fourth-order valence-electron chi connectivity index (χ4n) is 4.96. The number of carbonyl (C=O) groups excluding carboxylic acids is 3. The molecule has 0 aliphatic carbocycles. The molecule has 1 unspecified atom stereocenters. The Balaban J connectivity index is 1.19. The van der Waals surface area contributed by atoms with Crippen molar-refractivity contribution in [3.63, 3.8) is 0 Å². The Morgan fingerprint density at radius 1 is 1.03 bits per heavy atom. The maximum absolute atomic E-state index is 13.0. The van der Waals surface area contributed by atoms with Crippen LogP contribution in [-0.4, -0.2) is 54.7 Å². The molecule has 0 radical (unpaired) electrons. The molecule has 2 aromatic carbocycles. The van der Waals surface area contributed by atoms with Gasteiger partial charge in [-0.1, -0.05) is 6.07 Å². The van der Waals surface area contributed by atoms with Gasteiger partial charge in [-0.05, 0) is 49.2 Å². The lowest BCUT2D eigenvalue weighted by Gasteiger charge is -2.29. The highest BCUT2D eigenvalue weighted by Crippen LogP contribution is 2.34. The summed E-state index contributed by atoms with van der Waals surface area (Å²) >= 11 is 0. The molecule has 36 heavy (non-hydrogen) atoms. The number of imide groups is 1. The molecule has 1 N–H and O–H groups in total. The van der Waals surface area contributed by atoms with Gasteiger partial charge < -0.3 is 19.3 Å². The largest absolute Gasteiger partial charge is 0.573 e. The van der Waals surface area contributed by atoms with Gasteiger partial charge in [-0.3, -0.25) is 19.7 Å². The molecule has 0 spiro atoms. The zero-order valence-electron chi connectivity index (χ0n) is 19.2. The third kappa shape index (κ3) is 4.95. The summed E-state index contributed by atoms with van der Waals surface area (Å²) in [6.45, 7) is 2.06. The van der Waals surface area contributed by atoms with E-state index in [4.69, 9.17) is 4.74 Å². The number of nitrogens with zero attached hydrogens (tertiary/aromatic N) is 2. The molecule has 3 aliphatic heterocycles. The molecule has 5 rings (SSSR count). The normalized spacial score (nSPS) is 22.0. The second-order valence-corrected chi connectivity index (χ2v) is 9.14. The number of fused-ring (bicyclic) bond motifs is 1. The molecular formula is C25H24F3N3O5. The Hall–Kier alpha value is -3.76. The molecule has 0 aromatic heterocycles. The summed E-state index contributed by atoms with van der Waals surface area (Å²) in [6.07, 6.45) is -3.40. The number of ether oxygens (including phenoxy) is 2. The maximum Gasteiger partial charge on any atom is 0.573 e. The zero-order valence-corrected chi connectivity index (χ0v) is 19.2. The van der Waals surface area contributed by atoms with Crippen molar-refractivity contribution in [3.8, 4) is 11.5 Å². The molecule has 3 amide bonds. The number of carbonyl (C=O) groups is 3. The molecule has 3 aliphatic rings. The fourth-order valence-corrected chi connectivity index (χ4v) is 4.96. The number of piperidine rings is 1. The molecule has 2 aromatic rings. The van der Waals surface area contributed by atoms with Gasteiger partial charge in [0.05, 0.1) is 13.2 Å². The van der Waals surface area contributed by atoms with Crippen molar-refractivity contribution in [1.29, 1.82) is 0 Å². The lowest BCUT2D eigenvalue weighted by atomic mass is 10.0. The Kier molecular flexibility index (Phi) is 6.23. The highest BCUT2D eigenvalue weighted by Gasteiger charge is 2.40. The number of hydrogen-bond acceptors (Lipinski definition) is 6. The molecule has 190 valence electrons. The van der Waals surface area contributed by atoms with Crippen molar-refractivity contribution in [2.75, 3.05) is 24.6 Å². The van der Waals surface area contributed by atoms with Crippen molar-refractivity contribution in [1.82, 2.24) is 10.2 Å². The molecule has 0 bridgehead atoms. The van der Waals surface area contributed by atoms with Crippen LogP contribution in [0.5, 0.6) is 11.5 Å². The quantitative estimate of drug-likeness (QED) is 0.609. The van der Waals surface area contributed by atoms with E-state index in [2.05, 4.69) is 15.0 Å². The van der Waals surface area contributed by atoms with Crippen LogP contribution < -0.4 is 19.7 Å². The number of hydrogen-bond donors (Lipinski definition) is 1. The topological polar surface area (TPSA) is 88.2 Å². The summed E-state index contributed by atoms with van der Waals surface area (Å²) in [7, 11) is 0. The van der Waals surface area contributed by atoms with Crippen LogP contribution in [0.15, 0.2) is 42.5 Å². The van der Waals surface area contributed by atoms with Crippen molar-refractivity contribution in [3.05, 3.63) is 53.6 Å². The Bertz CT molecular complexity index is 1180. The van der Waals surface area contributed by atoms with Crippen LogP contribution in [0.1, 0.15) is 35.2 Å². The molecular weight excluding hydrogens is 479 g/mol. The second kappa shape index (κ2) is 9.36. The van der Waals surface area contributed by atoms with E-state index in [0.29, 0.717) is 30.9 Å². The van der Waals surface area contributed by atoms with Crippen LogP contribution in [0.2, 0.25) is 0 Å². The minimum absolute atomic E-state index is 0.190. The van der Waals surface area contributed by atoms with Crippen LogP contribution in [-0.2, 0) is 16.1 Å². The fraction of sp³-hybridized carbons (Fsp3) is 0.400. The first-order valence-electron chi connectivity index (χ1n) is 11.7. The zero-order chi connectivity index (χ0) is 25.4. The molecule has 0 saturated carbocycles.